The molecule has 0 bridgehead atoms. The zero-order valence-electron chi connectivity index (χ0n) is 11.6. The molecule has 1 amide bonds. The first-order valence-corrected chi connectivity index (χ1v) is 6.53. The molecule has 1 aromatic heterocycles. The SMILES string of the molecule is N#Cc1ccccc1C[C@H](NC(=O)c1cccnc1)C(=O)O. The second-order valence-corrected chi connectivity index (χ2v) is 4.58. The number of pyridine rings is 1. The quantitative estimate of drug-likeness (QED) is 0.867. The van der Waals surface area contributed by atoms with Crippen LogP contribution in [0.5, 0.6) is 0 Å². The highest BCUT2D eigenvalue weighted by Crippen LogP contribution is 2.11. The largest absolute Gasteiger partial charge is 0.480 e. The summed E-state index contributed by atoms with van der Waals surface area (Å²) < 4.78 is 0. The number of nitrogens with zero attached hydrogens (tertiary/aromatic N) is 2. The molecule has 0 aliphatic rings. The van der Waals surface area contributed by atoms with E-state index in [0.717, 1.165) is 0 Å². The number of carbonyl (C=O) groups excluding carboxylic acids is 1. The van der Waals surface area contributed by atoms with Crippen molar-refractivity contribution in [3.05, 3.63) is 65.5 Å². The van der Waals surface area contributed by atoms with Crippen molar-refractivity contribution < 1.29 is 14.7 Å². The number of hydrogen-bond donors (Lipinski definition) is 2. The van der Waals surface area contributed by atoms with Gasteiger partial charge in [-0.25, -0.2) is 4.79 Å². The number of carbonyl (C=O) groups is 2. The molecule has 0 aliphatic carbocycles. The molecule has 0 fully saturated rings. The van der Waals surface area contributed by atoms with E-state index < -0.39 is 17.9 Å². The fourth-order valence-corrected chi connectivity index (χ4v) is 1.97. The average Bonchev–Trinajstić information content (AvgIpc) is 2.55. The van der Waals surface area contributed by atoms with Gasteiger partial charge in [0.1, 0.15) is 6.04 Å². The third-order valence-corrected chi connectivity index (χ3v) is 3.09. The Morgan fingerprint density at radius 2 is 2.05 bits per heavy atom. The van der Waals surface area contributed by atoms with Crippen LogP contribution in [0.4, 0.5) is 0 Å². The van der Waals surface area contributed by atoms with Crippen molar-refractivity contribution in [1.82, 2.24) is 10.3 Å². The van der Waals surface area contributed by atoms with Gasteiger partial charge in [0.15, 0.2) is 0 Å². The van der Waals surface area contributed by atoms with Gasteiger partial charge in [-0.2, -0.15) is 5.26 Å². The third kappa shape index (κ3) is 3.67. The standard InChI is InChI=1S/C16H13N3O3/c17-9-12-5-2-1-4-11(12)8-14(16(21)22)19-15(20)13-6-3-7-18-10-13/h1-7,10,14H,8H2,(H,19,20)(H,21,22)/t14-/m0/s1. The van der Waals surface area contributed by atoms with Gasteiger partial charge in [0, 0.05) is 18.8 Å². The predicted octanol–water partition coefficient (Wildman–Crippen LogP) is 1.38. The summed E-state index contributed by atoms with van der Waals surface area (Å²) in [5, 5.41) is 20.8. The van der Waals surface area contributed by atoms with Crippen molar-refractivity contribution in [3.63, 3.8) is 0 Å². The maximum atomic E-state index is 12.0. The van der Waals surface area contributed by atoms with E-state index in [4.69, 9.17) is 5.26 Å². The van der Waals surface area contributed by atoms with Gasteiger partial charge in [0.2, 0.25) is 0 Å². The molecule has 0 saturated heterocycles. The van der Waals surface area contributed by atoms with E-state index in [1.54, 1.807) is 36.4 Å². The van der Waals surface area contributed by atoms with E-state index in [1.807, 2.05) is 6.07 Å². The number of aromatic nitrogens is 1. The number of hydrogen-bond acceptors (Lipinski definition) is 4. The lowest BCUT2D eigenvalue weighted by Gasteiger charge is -2.15. The summed E-state index contributed by atoms with van der Waals surface area (Å²) in [6.07, 6.45) is 2.91. The molecule has 0 unspecified atom stereocenters. The molecule has 0 spiro atoms. The lowest BCUT2D eigenvalue weighted by atomic mass is 10.0. The maximum absolute atomic E-state index is 12.0. The van der Waals surface area contributed by atoms with Gasteiger partial charge >= 0.3 is 5.97 Å². The Morgan fingerprint density at radius 1 is 1.27 bits per heavy atom. The van der Waals surface area contributed by atoms with Crippen LogP contribution in [0.15, 0.2) is 48.8 Å². The predicted molar refractivity (Wildman–Crippen MR) is 78.0 cm³/mol. The minimum atomic E-state index is -1.16. The minimum Gasteiger partial charge on any atom is -0.480 e. The second-order valence-electron chi connectivity index (χ2n) is 4.58. The number of nitriles is 1. The van der Waals surface area contributed by atoms with Crippen molar-refractivity contribution in [2.24, 2.45) is 0 Å². The molecule has 2 aromatic rings. The number of nitrogens with one attached hydrogen (secondary N) is 1. The lowest BCUT2D eigenvalue weighted by molar-refractivity contribution is -0.139. The monoisotopic (exact) mass is 295 g/mol. The summed E-state index contributed by atoms with van der Waals surface area (Å²) in [4.78, 5) is 27.2. The Kier molecular flexibility index (Phi) is 4.83. The van der Waals surface area contributed by atoms with Crippen LogP contribution in [-0.2, 0) is 11.2 Å². The van der Waals surface area contributed by atoms with Crippen LogP contribution in [0.3, 0.4) is 0 Å². The molecule has 1 heterocycles. The molecule has 1 atom stereocenters. The molecule has 22 heavy (non-hydrogen) atoms. The zero-order chi connectivity index (χ0) is 15.9. The molecule has 6 nitrogen and oxygen atoms in total. The summed E-state index contributed by atoms with van der Waals surface area (Å²) >= 11 is 0. The van der Waals surface area contributed by atoms with E-state index >= 15 is 0 Å². The van der Waals surface area contributed by atoms with Crippen LogP contribution in [-0.4, -0.2) is 28.0 Å². The van der Waals surface area contributed by atoms with Gasteiger partial charge in [-0.05, 0) is 23.8 Å². The summed E-state index contributed by atoms with van der Waals surface area (Å²) in [5.41, 5.74) is 1.25. The van der Waals surface area contributed by atoms with Gasteiger partial charge in [-0.3, -0.25) is 9.78 Å². The van der Waals surface area contributed by atoms with Crippen molar-refractivity contribution in [2.75, 3.05) is 0 Å². The van der Waals surface area contributed by atoms with E-state index in [9.17, 15) is 14.7 Å². The molecule has 2 N–H and O–H groups in total. The Balaban J connectivity index is 2.16. The van der Waals surface area contributed by atoms with Gasteiger partial charge in [0.05, 0.1) is 17.2 Å². The van der Waals surface area contributed by atoms with Gasteiger partial charge in [-0.1, -0.05) is 18.2 Å². The molecule has 110 valence electrons. The van der Waals surface area contributed by atoms with Gasteiger partial charge < -0.3 is 10.4 Å². The van der Waals surface area contributed by atoms with Crippen LogP contribution < -0.4 is 5.32 Å². The maximum Gasteiger partial charge on any atom is 0.326 e. The number of carboxylic acids is 1. The Morgan fingerprint density at radius 3 is 2.68 bits per heavy atom. The van der Waals surface area contributed by atoms with E-state index in [-0.39, 0.29) is 12.0 Å². The normalized spacial score (nSPS) is 11.2. The van der Waals surface area contributed by atoms with Gasteiger partial charge in [0.25, 0.3) is 5.91 Å². The van der Waals surface area contributed by atoms with Crippen LogP contribution in [0.2, 0.25) is 0 Å². The topological polar surface area (TPSA) is 103 Å². The first-order chi connectivity index (χ1) is 10.6. The third-order valence-electron chi connectivity index (χ3n) is 3.09. The Labute approximate surface area is 127 Å². The Hall–Kier alpha value is -3.20. The fraction of sp³-hybridized carbons (Fsp3) is 0.125. The molecule has 0 saturated carbocycles. The van der Waals surface area contributed by atoms with Crippen LogP contribution in [0.25, 0.3) is 0 Å². The molecule has 2 rings (SSSR count). The highest BCUT2D eigenvalue weighted by atomic mass is 16.4. The highest BCUT2D eigenvalue weighted by molar-refractivity contribution is 5.96. The van der Waals surface area contributed by atoms with E-state index in [0.29, 0.717) is 11.1 Å². The zero-order valence-corrected chi connectivity index (χ0v) is 11.6. The van der Waals surface area contributed by atoms with Crippen LogP contribution in [0.1, 0.15) is 21.5 Å². The van der Waals surface area contributed by atoms with Crippen LogP contribution >= 0.6 is 0 Å². The minimum absolute atomic E-state index is 0.0328. The summed E-state index contributed by atoms with van der Waals surface area (Å²) in [6.45, 7) is 0. The molecular weight excluding hydrogens is 282 g/mol. The first kappa shape index (κ1) is 15.2. The number of amides is 1. The molecule has 0 radical (unpaired) electrons. The number of aliphatic carboxylic acids is 1. The number of carboxylic acid groups (broad SMARTS) is 1. The Bertz CT molecular complexity index is 723. The lowest BCUT2D eigenvalue weighted by Crippen LogP contribution is -2.42. The smallest absolute Gasteiger partial charge is 0.326 e. The molecular formula is C16H13N3O3. The number of rotatable bonds is 5. The molecule has 1 aromatic carbocycles. The van der Waals surface area contributed by atoms with Crippen molar-refractivity contribution >= 4 is 11.9 Å². The summed E-state index contributed by atoms with van der Waals surface area (Å²) in [5.74, 6) is -1.68. The van der Waals surface area contributed by atoms with Crippen molar-refractivity contribution in [3.8, 4) is 6.07 Å². The van der Waals surface area contributed by atoms with E-state index in [2.05, 4.69) is 10.3 Å². The van der Waals surface area contributed by atoms with Crippen LogP contribution in [0, 0.1) is 11.3 Å². The van der Waals surface area contributed by atoms with Gasteiger partial charge in [-0.15, -0.1) is 0 Å². The highest BCUT2D eigenvalue weighted by Gasteiger charge is 2.22. The average molecular weight is 295 g/mol. The van der Waals surface area contributed by atoms with E-state index in [1.165, 1.54) is 12.4 Å². The molecule has 6 heteroatoms. The molecule has 0 aliphatic heterocycles. The first-order valence-electron chi connectivity index (χ1n) is 6.53. The number of benzene rings is 1. The summed E-state index contributed by atoms with van der Waals surface area (Å²) in [6, 6.07) is 10.7. The van der Waals surface area contributed by atoms with Crippen molar-refractivity contribution in [2.45, 2.75) is 12.5 Å². The van der Waals surface area contributed by atoms with Crippen molar-refractivity contribution in [1.29, 1.82) is 5.26 Å². The second kappa shape index (κ2) is 6.99. The fourth-order valence-electron chi connectivity index (χ4n) is 1.97. The summed E-state index contributed by atoms with van der Waals surface area (Å²) in [7, 11) is 0.